The van der Waals surface area contributed by atoms with Crippen molar-refractivity contribution in [2.24, 2.45) is 0 Å². The summed E-state index contributed by atoms with van der Waals surface area (Å²) < 4.78 is 13.2. The van der Waals surface area contributed by atoms with Gasteiger partial charge in [0.25, 0.3) is 0 Å². The minimum Gasteiger partial charge on any atom is -0.343 e. The van der Waals surface area contributed by atoms with Crippen molar-refractivity contribution < 1.29 is 9.18 Å². The van der Waals surface area contributed by atoms with Gasteiger partial charge in [0.15, 0.2) is 0 Å². The molecule has 0 unspecified atom stereocenters. The van der Waals surface area contributed by atoms with Gasteiger partial charge in [-0.05, 0) is 37.6 Å². The Morgan fingerprint density at radius 3 is 2.65 bits per heavy atom. The molecule has 0 aliphatic rings. The summed E-state index contributed by atoms with van der Waals surface area (Å²) in [4.78, 5) is 13.5. The second kappa shape index (κ2) is 8.28. The Labute approximate surface area is 119 Å². The van der Waals surface area contributed by atoms with E-state index in [-0.39, 0.29) is 5.91 Å². The molecule has 1 rings (SSSR count). The van der Waals surface area contributed by atoms with Gasteiger partial charge in [0.05, 0.1) is 11.6 Å². The van der Waals surface area contributed by atoms with E-state index in [9.17, 15) is 9.18 Å². The van der Waals surface area contributed by atoms with Crippen molar-refractivity contribution in [2.75, 3.05) is 19.6 Å². The molecule has 0 saturated heterocycles. The normalized spacial score (nSPS) is 10.1. The summed E-state index contributed by atoms with van der Waals surface area (Å²) in [7, 11) is 0. The predicted octanol–water partition coefficient (Wildman–Crippen LogP) is 2.05. The van der Waals surface area contributed by atoms with E-state index in [4.69, 9.17) is 5.26 Å². The lowest BCUT2D eigenvalue weighted by Gasteiger charge is -2.18. The molecule has 1 N–H and O–H groups in total. The first-order valence-electron chi connectivity index (χ1n) is 6.78. The van der Waals surface area contributed by atoms with E-state index < -0.39 is 5.82 Å². The summed E-state index contributed by atoms with van der Waals surface area (Å²) in [6.45, 7) is 6.30. The predicted molar refractivity (Wildman–Crippen MR) is 75.4 cm³/mol. The highest BCUT2D eigenvalue weighted by atomic mass is 19.1. The first-order valence-corrected chi connectivity index (χ1v) is 6.78. The van der Waals surface area contributed by atoms with Crippen LogP contribution < -0.4 is 5.32 Å². The van der Waals surface area contributed by atoms with Crippen LogP contribution >= 0.6 is 0 Å². The lowest BCUT2D eigenvalue weighted by molar-refractivity contribution is -0.130. The molecular formula is C15H20FN3O. The molecule has 0 aromatic heterocycles. The highest BCUT2D eigenvalue weighted by molar-refractivity contribution is 5.76. The monoisotopic (exact) mass is 277 g/mol. The molecule has 1 amide bonds. The topological polar surface area (TPSA) is 56.1 Å². The smallest absolute Gasteiger partial charge is 0.223 e. The van der Waals surface area contributed by atoms with E-state index in [2.05, 4.69) is 5.32 Å². The van der Waals surface area contributed by atoms with Crippen molar-refractivity contribution in [3.05, 3.63) is 35.1 Å². The molecule has 0 aliphatic carbocycles. The molecule has 0 spiro atoms. The van der Waals surface area contributed by atoms with Crippen LogP contribution in [0.15, 0.2) is 18.2 Å². The van der Waals surface area contributed by atoms with Crippen molar-refractivity contribution in [1.29, 1.82) is 5.26 Å². The number of carbonyl (C=O) groups is 1. The molecule has 0 saturated carbocycles. The third-order valence-corrected chi connectivity index (χ3v) is 3.05. The van der Waals surface area contributed by atoms with Crippen LogP contribution in [0.3, 0.4) is 0 Å². The minimum absolute atomic E-state index is 0.111. The third kappa shape index (κ3) is 4.98. The van der Waals surface area contributed by atoms with Crippen molar-refractivity contribution in [1.82, 2.24) is 10.2 Å². The van der Waals surface area contributed by atoms with Gasteiger partial charge >= 0.3 is 0 Å². The quantitative estimate of drug-likeness (QED) is 0.776. The summed E-state index contributed by atoms with van der Waals surface area (Å²) in [5.74, 6) is -0.306. The average Bonchev–Trinajstić information content (AvgIpc) is 2.44. The molecule has 5 heteroatoms. The lowest BCUT2D eigenvalue weighted by Crippen LogP contribution is -2.32. The second-order valence-electron chi connectivity index (χ2n) is 4.45. The molecule has 0 fully saturated rings. The number of nitriles is 1. The number of rotatable bonds is 7. The number of carbonyl (C=O) groups excluding carboxylic acids is 1. The SMILES string of the molecule is CCN(CC)C(=O)CCNCc1cc(F)cc(C#N)c1. The molecular weight excluding hydrogens is 257 g/mol. The van der Waals surface area contributed by atoms with Crippen molar-refractivity contribution in [3.63, 3.8) is 0 Å². The van der Waals surface area contributed by atoms with Crippen molar-refractivity contribution in [3.8, 4) is 6.07 Å². The Morgan fingerprint density at radius 1 is 1.35 bits per heavy atom. The van der Waals surface area contributed by atoms with Crippen molar-refractivity contribution >= 4 is 5.91 Å². The van der Waals surface area contributed by atoms with E-state index in [0.717, 1.165) is 0 Å². The third-order valence-electron chi connectivity index (χ3n) is 3.05. The van der Waals surface area contributed by atoms with Crippen LogP contribution in [0.25, 0.3) is 0 Å². The highest BCUT2D eigenvalue weighted by Gasteiger charge is 2.08. The maximum atomic E-state index is 13.2. The van der Waals surface area contributed by atoms with Gasteiger partial charge in [-0.2, -0.15) is 5.26 Å². The van der Waals surface area contributed by atoms with Gasteiger partial charge in [-0.25, -0.2) is 4.39 Å². The van der Waals surface area contributed by atoms with Crippen LogP contribution in [0.1, 0.15) is 31.4 Å². The molecule has 4 nitrogen and oxygen atoms in total. The fraction of sp³-hybridized carbons (Fsp3) is 0.467. The summed E-state index contributed by atoms with van der Waals surface area (Å²) in [5.41, 5.74) is 1.01. The molecule has 1 aromatic carbocycles. The van der Waals surface area contributed by atoms with Gasteiger partial charge in [-0.1, -0.05) is 0 Å². The number of amides is 1. The van der Waals surface area contributed by atoms with E-state index in [1.165, 1.54) is 12.1 Å². The van der Waals surface area contributed by atoms with Crippen LogP contribution in [0.5, 0.6) is 0 Å². The van der Waals surface area contributed by atoms with Gasteiger partial charge < -0.3 is 10.2 Å². The van der Waals surface area contributed by atoms with Crippen molar-refractivity contribution in [2.45, 2.75) is 26.8 Å². The Hall–Kier alpha value is -1.93. The molecule has 0 bridgehead atoms. The first-order chi connectivity index (χ1) is 9.60. The molecule has 0 atom stereocenters. The van der Waals surface area contributed by atoms with E-state index >= 15 is 0 Å². The molecule has 20 heavy (non-hydrogen) atoms. The minimum atomic E-state index is -0.417. The van der Waals surface area contributed by atoms with E-state index in [1.54, 1.807) is 11.0 Å². The van der Waals surface area contributed by atoms with Crippen LogP contribution in [-0.2, 0) is 11.3 Å². The molecule has 0 heterocycles. The highest BCUT2D eigenvalue weighted by Crippen LogP contribution is 2.08. The van der Waals surface area contributed by atoms with Gasteiger partial charge in [0.2, 0.25) is 5.91 Å². The zero-order chi connectivity index (χ0) is 15.0. The summed E-state index contributed by atoms with van der Waals surface area (Å²) in [6.07, 6.45) is 0.419. The largest absolute Gasteiger partial charge is 0.343 e. The number of halogens is 1. The maximum Gasteiger partial charge on any atom is 0.223 e. The Kier molecular flexibility index (Phi) is 6.68. The summed E-state index contributed by atoms with van der Waals surface area (Å²) in [6, 6.07) is 6.15. The zero-order valence-corrected chi connectivity index (χ0v) is 11.9. The molecule has 0 aliphatic heterocycles. The fourth-order valence-electron chi connectivity index (χ4n) is 1.98. The number of nitrogens with one attached hydrogen (secondary N) is 1. The van der Waals surface area contributed by atoms with Gasteiger partial charge in [0.1, 0.15) is 5.82 Å². The van der Waals surface area contributed by atoms with E-state index in [0.29, 0.717) is 43.7 Å². The van der Waals surface area contributed by atoms with Gasteiger partial charge in [0, 0.05) is 32.6 Å². The molecule has 0 radical (unpaired) electrons. The Balaban J connectivity index is 2.40. The van der Waals surface area contributed by atoms with E-state index in [1.807, 2.05) is 19.9 Å². The second-order valence-corrected chi connectivity index (χ2v) is 4.45. The molecule has 108 valence electrons. The summed E-state index contributed by atoms with van der Waals surface area (Å²) in [5, 5.41) is 11.8. The standard InChI is InChI=1S/C15H20FN3O/c1-3-19(4-2)15(20)5-6-18-11-13-7-12(10-17)8-14(16)9-13/h7-9,18H,3-6,11H2,1-2H3. The maximum absolute atomic E-state index is 13.2. The zero-order valence-electron chi connectivity index (χ0n) is 11.9. The van der Waals surface area contributed by atoms with Crippen LogP contribution in [-0.4, -0.2) is 30.4 Å². The Morgan fingerprint density at radius 2 is 2.05 bits per heavy atom. The number of benzene rings is 1. The number of hydrogen-bond donors (Lipinski definition) is 1. The fourth-order valence-corrected chi connectivity index (χ4v) is 1.98. The number of hydrogen-bond acceptors (Lipinski definition) is 3. The molecule has 1 aromatic rings. The summed E-state index contributed by atoms with van der Waals surface area (Å²) >= 11 is 0. The van der Waals surface area contributed by atoms with Crippen LogP contribution in [0.4, 0.5) is 4.39 Å². The number of nitrogens with zero attached hydrogens (tertiary/aromatic N) is 2. The lowest BCUT2D eigenvalue weighted by atomic mass is 10.1. The van der Waals surface area contributed by atoms with Crippen LogP contribution in [0.2, 0.25) is 0 Å². The van der Waals surface area contributed by atoms with Gasteiger partial charge in [-0.3, -0.25) is 4.79 Å². The first kappa shape index (κ1) is 16.1. The van der Waals surface area contributed by atoms with Crippen LogP contribution in [0, 0.1) is 17.1 Å². The average molecular weight is 277 g/mol. The van der Waals surface area contributed by atoms with Gasteiger partial charge in [-0.15, -0.1) is 0 Å². The Bertz CT molecular complexity index is 492.